The minimum Gasteiger partial charge on any atom is -0.497 e. The molecule has 0 aromatic heterocycles. The Labute approximate surface area is 173 Å². The Morgan fingerprint density at radius 3 is 2.55 bits per heavy atom. The molecule has 2 atom stereocenters. The number of esters is 1. The van der Waals surface area contributed by atoms with Gasteiger partial charge in [0.05, 0.1) is 20.8 Å². The standard InChI is InChI=1S/C24H31NO4/c1-5-6-12-29-24(26)23-22-19(14-20(27-3)15-21(22)28-4)13-17(2)25(23)16-18-10-8-7-9-11-18/h7-11,14-15,17,23H,5-6,12-13,16H2,1-4H3/t17-,23+/m0/s1. The van der Waals surface area contributed by atoms with Crippen molar-refractivity contribution >= 4 is 5.97 Å². The Morgan fingerprint density at radius 1 is 1.14 bits per heavy atom. The lowest BCUT2D eigenvalue weighted by molar-refractivity contribution is -0.152. The quantitative estimate of drug-likeness (QED) is 0.484. The number of nitrogens with zero attached hydrogens (tertiary/aromatic N) is 1. The number of hydrogen-bond acceptors (Lipinski definition) is 5. The van der Waals surface area contributed by atoms with Gasteiger partial charge in [0.1, 0.15) is 17.5 Å². The third-order valence-corrected chi connectivity index (χ3v) is 5.52. The molecule has 5 heteroatoms. The maximum absolute atomic E-state index is 13.3. The molecule has 0 radical (unpaired) electrons. The highest BCUT2D eigenvalue weighted by molar-refractivity contribution is 5.80. The lowest BCUT2D eigenvalue weighted by Crippen LogP contribution is -2.45. The molecule has 1 aliphatic heterocycles. The Hall–Kier alpha value is -2.53. The Balaban J connectivity index is 2.03. The molecule has 0 aliphatic carbocycles. The van der Waals surface area contributed by atoms with E-state index in [2.05, 4.69) is 30.9 Å². The van der Waals surface area contributed by atoms with Crippen LogP contribution in [-0.2, 0) is 22.5 Å². The van der Waals surface area contributed by atoms with Crippen LogP contribution >= 0.6 is 0 Å². The predicted molar refractivity (Wildman–Crippen MR) is 113 cm³/mol. The fraction of sp³-hybridized carbons (Fsp3) is 0.458. The summed E-state index contributed by atoms with van der Waals surface area (Å²) in [5.41, 5.74) is 3.14. The first-order chi connectivity index (χ1) is 14.1. The van der Waals surface area contributed by atoms with Gasteiger partial charge in [-0.05, 0) is 37.0 Å². The zero-order chi connectivity index (χ0) is 20.8. The van der Waals surface area contributed by atoms with Gasteiger partial charge in [0.15, 0.2) is 0 Å². The summed E-state index contributed by atoms with van der Waals surface area (Å²) in [4.78, 5) is 15.5. The minimum absolute atomic E-state index is 0.170. The van der Waals surface area contributed by atoms with Gasteiger partial charge in [-0.15, -0.1) is 0 Å². The van der Waals surface area contributed by atoms with Gasteiger partial charge in [0, 0.05) is 24.2 Å². The van der Waals surface area contributed by atoms with Crippen molar-refractivity contribution in [1.29, 1.82) is 0 Å². The number of methoxy groups -OCH3 is 2. The molecule has 2 aromatic carbocycles. The molecule has 0 fully saturated rings. The molecule has 2 aromatic rings. The van der Waals surface area contributed by atoms with Crippen LogP contribution in [-0.4, -0.2) is 37.7 Å². The molecule has 29 heavy (non-hydrogen) atoms. The van der Waals surface area contributed by atoms with E-state index in [1.165, 1.54) is 5.56 Å². The SMILES string of the molecule is CCCCOC(=O)[C@H]1c2c(cc(OC)cc2OC)C[C@H](C)N1Cc1ccccc1. The van der Waals surface area contributed by atoms with Gasteiger partial charge in [-0.1, -0.05) is 43.7 Å². The van der Waals surface area contributed by atoms with Crippen LogP contribution in [0.25, 0.3) is 0 Å². The van der Waals surface area contributed by atoms with Gasteiger partial charge in [0.25, 0.3) is 0 Å². The number of rotatable bonds is 8. The van der Waals surface area contributed by atoms with Gasteiger partial charge in [-0.2, -0.15) is 0 Å². The molecule has 3 rings (SSSR count). The summed E-state index contributed by atoms with van der Waals surface area (Å²) >= 11 is 0. The molecule has 0 saturated carbocycles. The Bertz CT molecular complexity index is 821. The first kappa shape index (κ1) is 21.2. The van der Waals surface area contributed by atoms with Crippen molar-refractivity contribution in [1.82, 2.24) is 4.90 Å². The monoisotopic (exact) mass is 397 g/mol. The molecule has 0 N–H and O–H groups in total. The summed E-state index contributed by atoms with van der Waals surface area (Å²) < 4.78 is 16.8. The second-order valence-electron chi connectivity index (χ2n) is 7.54. The van der Waals surface area contributed by atoms with Crippen molar-refractivity contribution in [3.05, 3.63) is 59.2 Å². The van der Waals surface area contributed by atoms with Crippen LogP contribution in [0.5, 0.6) is 11.5 Å². The van der Waals surface area contributed by atoms with Crippen LogP contribution < -0.4 is 9.47 Å². The largest absolute Gasteiger partial charge is 0.497 e. The maximum atomic E-state index is 13.3. The first-order valence-corrected chi connectivity index (χ1v) is 10.3. The van der Waals surface area contributed by atoms with E-state index in [0.29, 0.717) is 18.9 Å². The van der Waals surface area contributed by atoms with E-state index in [1.807, 2.05) is 30.3 Å². The van der Waals surface area contributed by atoms with Gasteiger partial charge in [0.2, 0.25) is 0 Å². The molecule has 156 valence electrons. The molecule has 0 amide bonds. The summed E-state index contributed by atoms with van der Waals surface area (Å²) in [6.07, 6.45) is 2.66. The van der Waals surface area contributed by atoms with Crippen LogP contribution in [0.15, 0.2) is 42.5 Å². The van der Waals surface area contributed by atoms with Gasteiger partial charge >= 0.3 is 5.97 Å². The lowest BCUT2D eigenvalue weighted by atomic mass is 9.87. The second-order valence-corrected chi connectivity index (χ2v) is 7.54. The third kappa shape index (κ3) is 4.73. The summed E-state index contributed by atoms with van der Waals surface area (Å²) in [7, 11) is 3.28. The zero-order valence-corrected chi connectivity index (χ0v) is 17.8. The molecule has 0 saturated heterocycles. The normalized spacial score (nSPS) is 18.8. The molecule has 5 nitrogen and oxygen atoms in total. The summed E-state index contributed by atoms with van der Waals surface area (Å²) in [6, 6.07) is 13.8. The zero-order valence-electron chi connectivity index (χ0n) is 17.8. The summed E-state index contributed by atoms with van der Waals surface area (Å²) in [6.45, 7) is 5.35. The van der Waals surface area contributed by atoms with E-state index < -0.39 is 6.04 Å². The number of benzene rings is 2. The molecule has 0 unspecified atom stereocenters. The Morgan fingerprint density at radius 2 is 1.90 bits per heavy atom. The van der Waals surface area contributed by atoms with Crippen molar-refractivity contribution in [2.75, 3.05) is 20.8 Å². The molecule has 1 heterocycles. The van der Waals surface area contributed by atoms with E-state index in [9.17, 15) is 4.79 Å². The van der Waals surface area contributed by atoms with Gasteiger partial charge in [-0.25, -0.2) is 4.79 Å². The van der Waals surface area contributed by atoms with E-state index in [-0.39, 0.29) is 12.0 Å². The summed E-state index contributed by atoms with van der Waals surface area (Å²) in [5.74, 6) is 1.19. The number of carbonyl (C=O) groups excluding carboxylic acids is 1. The Kier molecular flexibility index (Phi) is 7.15. The van der Waals surface area contributed by atoms with E-state index in [1.54, 1.807) is 14.2 Å². The van der Waals surface area contributed by atoms with E-state index in [0.717, 1.165) is 36.1 Å². The van der Waals surface area contributed by atoms with Crippen LogP contribution in [0.3, 0.4) is 0 Å². The topological polar surface area (TPSA) is 48.0 Å². The maximum Gasteiger partial charge on any atom is 0.328 e. The number of ether oxygens (including phenoxy) is 3. The number of fused-ring (bicyclic) bond motifs is 1. The van der Waals surface area contributed by atoms with Crippen molar-refractivity contribution in [3.63, 3.8) is 0 Å². The predicted octanol–water partition coefficient (Wildman–Crippen LogP) is 4.54. The van der Waals surface area contributed by atoms with Crippen molar-refractivity contribution < 1.29 is 19.0 Å². The van der Waals surface area contributed by atoms with Crippen molar-refractivity contribution in [2.24, 2.45) is 0 Å². The lowest BCUT2D eigenvalue weighted by Gasteiger charge is -2.41. The second kappa shape index (κ2) is 9.79. The number of hydrogen-bond donors (Lipinski definition) is 0. The average Bonchev–Trinajstić information content (AvgIpc) is 2.74. The van der Waals surface area contributed by atoms with Crippen LogP contribution in [0.4, 0.5) is 0 Å². The van der Waals surface area contributed by atoms with E-state index in [4.69, 9.17) is 14.2 Å². The molecular formula is C24H31NO4. The highest BCUT2D eigenvalue weighted by Gasteiger charge is 2.40. The molecule has 0 bridgehead atoms. The van der Waals surface area contributed by atoms with E-state index >= 15 is 0 Å². The highest BCUT2D eigenvalue weighted by atomic mass is 16.5. The fourth-order valence-electron chi connectivity index (χ4n) is 3.97. The molecule has 1 aliphatic rings. The smallest absolute Gasteiger partial charge is 0.328 e. The first-order valence-electron chi connectivity index (χ1n) is 10.3. The number of unbranched alkanes of at least 4 members (excludes halogenated alkanes) is 1. The molecular weight excluding hydrogens is 366 g/mol. The minimum atomic E-state index is -0.508. The van der Waals surface area contributed by atoms with Gasteiger partial charge in [-0.3, -0.25) is 4.90 Å². The van der Waals surface area contributed by atoms with Crippen molar-refractivity contribution in [3.8, 4) is 11.5 Å². The third-order valence-electron chi connectivity index (χ3n) is 5.52. The van der Waals surface area contributed by atoms with Crippen molar-refractivity contribution in [2.45, 2.75) is 51.7 Å². The van der Waals surface area contributed by atoms with Crippen LogP contribution in [0, 0.1) is 0 Å². The number of carbonyl (C=O) groups is 1. The summed E-state index contributed by atoms with van der Waals surface area (Å²) in [5, 5.41) is 0. The average molecular weight is 398 g/mol. The highest BCUT2D eigenvalue weighted by Crippen LogP contribution is 2.42. The van der Waals surface area contributed by atoms with Crippen LogP contribution in [0.1, 0.15) is 49.4 Å². The molecule has 0 spiro atoms. The van der Waals surface area contributed by atoms with Crippen LogP contribution in [0.2, 0.25) is 0 Å². The van der Waals surface area contributed by atoms with Gasteiger partial charge < -0.3 is 14.2 Å². The fourth-order valence-corrected chi connectivity index (χ4v) is 3.97.